The average molecular weight is 280 g/mol. The van der Waals surface area contributed by atoms with E-state index >= 15 is 0 Å². The minimum atomic E-state index is 0.438. The largest absolute Gasteiger partial charge is 0.312 e. The maximum atomic E-state index is 3.81. The normalized spacial score (nSPS) is 38.1. The molecule has 0 aromatic carbocycles. The van der Waals surface area contributed by atoms with Gasteiger partial charge in [-0.25, -0.2) is 0 Å². The Balaban J connectivity index is 2.07. The van der Waals surface area contributed by atoms with Crippen LogP contribution >= 0.6 is 0 Å². The van der Waals surface area contributed by atoms with Crippen LogP contribution in [-0.2, 0) is 0 Å². The van der Waals surface area contributed by atoms with E-state index in [4.69, 9.17) is 0 Å². The van der Waals surface area contributed by atoms with E-state index in [9.17, 15) is 0 Å². The Hall–Kier alpha value is -0.0800. The molecule has 2 heteroatoms. The van der Waals surface area contributed by atoms with Gasteiger partial charge >= 0.3 is 0 Å². The molecule has 0 bridgehead atoms. The summed E-state index contributed by atoms with van der Waals surface area (Å²) in [7, 11) is 2.40. The van der Waals surface area contributed by atoms with Gasteiger partial charge in [0.2, 0.25) is 0 Å². The smallest absolute Gasteiger partial charge is 0.0274 e. The van der Waals surface area contributed by atoms with E-state index in [-0.39, 0.29) is 0 Å². The zero-order valence-electron chi connectivity index (χ0n) is 14.4. The molecule has 4 unspecified atom stereocenters. The van der Waals surface area contributed by atoms with Gasteiger partial charge in [-0.1, -0.05) is 47.0 Å². The lowest BCUT2D eigenvalue weighted by Crippen LogP contribution is -2.60. The highest BCUT2D eigenvalue weighted by Crippen LogP contribution is 2.39. The van der Waals surface area contributed by atoms with Crippen molar-refractivity contribution in [3.05, 3.63) is 0 Å². The maximum Gasteiger partial charge on any atom is 0.0274 e. The molecule has 1 N–H and O–H groups in total. The van der Waals surface area contributed by atoms with Crippen LogP contribution in [0.25, 0.3) is 0 Å². The van der Waals surface area contributed by atoms with Crippen molar-refractivity contribution < 1.29 is 0 Å². The maximum absolute atomic E-state index is 3.81. The molecule has 0 aliphatic heterocycles. The van der Waals surface area contributed by atoms with Crippen LogP contribution in [0.1, 0.15) is 72.6 Å². The summed E-state index contributed by atoms with van der Waals surface area (Å²) >= 11 is 0. The third-order valence-electron chi connectivity index (χ3n) is 5.98. The van der Waals surface area contributed by atoms with Gasteiger partial charge in [-0.05, 0) is 50.6 Å². The first-order valence-corrected chi connectivity index (χ1v) is 8.91. The third-order valence-corrected chi connectivity index (χ3v) is 5.98. The zero-order chi connectivity index (χ0) is 14.8. The lowest BCUT2D eigenvalue weighted by Gasteiger charge is -2.50. The van der Waals surface area contributed by atoms with E-state index in [1.807, 2.05) is 0 Å². The molecule has 0 radical (unpaired) electrons. The Labute approximate surface area is 126 Å². The van der Waals surface area contributed by atoms with Crippen molar-refractivity contribution in [1.29, 1.82) is 0 Å². The van der Waals surface area contributed by atoms with Crippen molar-refractivity contribution in [2.75, 3.05) is 13.6 Å². The van der Waals surface area contributed by atoms with Crippen molar-refractivity contribution in [3.63, 3.8) is 0 Å². The Morgan fingerprint density at radius 1 is 1.15 bits per heavy atom. The van der Waals surface area contributed by atoms with Gasteiger partial charge in [-0.2, -0.15) is 0 Å². The van der Waals surface area contributed by atoms with Crippen molar-refractivity contribution >= 4 is 0 Å². The number of rotatable bonds is 4. The summed E-state index contributed by atoms with van der Waals surface area (Å²) in [6, 6.07) is 2.20. The van der Waals surface area contributed by atoms with Crippen LogP contribution in [0.3, 0.4) is 0 Å². The molecule has 0 aromatic heterocycles. The summed E-state index contributed by atoms with van der Waals surface area (Å²) in [5.41, 5.74) is 0.438. The van der Waals surface area contributed by atoms with Crippen molar-refractivity contribution in [2.45, 2.75) is 90.8 Å². The molecule has 20 heavy (non-hydrogen) atoms. The zero-order valence-corrected chi connectivity index (χ0v) is 14.4. The summed E-state index contributed by atoms with van der Waals surface area (Å²) in [5, 5.41) is 3.81. The predicted octanol–water partition coefficient (Wildman–Crippen LogP) is 4.05. The van der Waals surface area contributed by atoms with E-state index in [2.05, 4.69) is 45.0 Å². The Morgan fingerprint density at radius 3 is 2.55 bits per heavy atom. The number of nitrogens with one attached hydrogen (secondary N) is 1. The van der Waals surface area contributed by atoms with Crippen molar-refractivity contribution in [3.8, 4) is 0 Å². The van der Waals surface area contributed by atoms with Crippen LogP contribution in [0.15, 0.2) is 0 Å². The van der Waals surface area contributed by atoms with Crippen LogP contribution in [0, 0.1) is 11.3 Å². The first-order valence-electron chi connectivity index (χ1n) is 8.91. The summed E-state index contributed by atoms with van der Waals surface area (Å²) in [4.78, 5) is 2.75. The highest BCUT2D eigenvalue weighted by Gasteiger charge is 2.41. The topological polar surface area (TPSA) is 15.3 Å². The van der Waals surface area contributed by atoms with Gasteiger partial charge in [0.05, 0.1) is 0 Å². The van der Waals surface area contributed by atoms with E-state index in [1.54, 1.807) is 0 Å². The highest BCUT2D eigenvalue weighted by molar-refractivity contribution is 4.99. The second-order valence-corrected chi connectivity index (χ2v) is 8.07. The second-order valence-electron chi connectivity index (χ2n) is 8.07. The molecular formula is C18H36N2. The average Bonchev–Trinajstić information content (AvgIpc) is 2.40. The predicted molar refractivity (Wildman–Crippen MR) is 88.1 cm³/mol. The quantitative estimate of drug-likeness (QED) is 0.835. The fraction of sp³-hybridized carbons (Fsp3) is 1.00. The summed E-state index contributed by atoms with van der Waals surface area (Å²) in [5.74, 6) is 0.922. The van der Waals surface area contributed by atoms with Crippen LogP contribution in [-0.4, -0.2) is 36.6 Å². The van der Waals surface area contributed by atoms with E-state index in [0.29, 0.717) is 11.5 Å². The van der Waals surface area contributed by atoms with Crippen LogP contribution < -0.4 is 5.32 Å². The SMILES string of the molecule is CCNC1C(N(C)C2CCCC(C)C2)CCCC1(C)C. The lowest BCUT2D eigenvalue weighted by molar-refractivity contribution is 0.0249. The molecule has 0 spiro atoms. The number of likely N-dealkylation sites (N-methyl/N-ethyl adjacent to an activating group) is 2. The Morgan fingerprint density at radius 2 is 1.90 bits per heavy atom. The molecule has 0 heterocycles. The molecule has 0 amide bonds. The van der Waals surface area contributed by atoms with Crippen LogP contribution in [0.2, 0.25) is 0 Å². The minimum absolute atomic E-state index is 0.438. The van der Waals surface area contributed by atoms with Gasteiger partial charge in [0.1, 0.15) is 0 Å². The molecule has 0 saturated heterocycles. The Kier molecular flexibility index (Phi) is 5.53. The van der Waals surface area contributed by atoms with Gasteiger partial charge in [-0.15, -0.1) is 0 Å². The standard InChI is InChI=1S/C18H36N2/c1-6-19-17-16(11-8-12-18(17,3)4)20(5)15-10-7-9-14(2)13-15/h14-17,19H,6-13H2,1-5H3. The number of hydrogen-bond donors (Lipinski definition) is 1. The van der Waals surface area contributed by atoms with Gasteiger partial charge in [0.25, 0.3) is 0 Å². The lowest BCUT2D eigenvalue weighted by atomic mass is 9.69. The van der Waals surface area contributed by atoms with E-state index < -0.39 is 0 Å². The highest BCUT2D eigenvalue weighted by atomic mass is 15.2. The van der Waals surface area contributed by atoms with Gasteiger partial charge in [-0.3, -0.25) is 4.90 Å². The third kappa shape index (κ3) is 3.57. The molecule has 2 nitrogen and oxygen atoms in total. The summed E-state index contributed by atoms with van der Waals surface area (Å²) in [6.07, 6.45) is 9.84. The van der Waals surface area contributed by atoms with Crippen molar-refractivity contribution in [2.24, 2.45) is 11.3 Å². The molecule has 2 fully saturated rings. The fourth-order valence-corrected chi connectivity index (χ4v) is 4.72. The molecule has 2 aliphatic carbocycles. The molecule has 2 aliphatic rings. The van der Waals surface area contributed by atoms with E-state index in [1.165, 1.54) is 44.9 Å². The summed E-state index contributed by atoms with van der Waals surface area (Å²) < 4.78 is 0. The van der Waals surface area contributed by atoms with Crippen LogP contribution in [0.5, 0.6) is 0 Å². The van der Waals surface area contributed by atoms with E-state index in [0.717, 1.165) is 24.5 Å². The first kappa shape index (κ1) is 16.3. The van der Waals surface area contributed by atoms with Gasteiger partial charge in [0, 0.05) is 18.1 Å². The molecular weight excluding hydrogens is 244 g/mol. The number of hydrogen-bond acceptors (Lipinski definition) is 2. The van der Waals surface area contributed by atoms with Gasteiger partial charge < -0.3 is 5.32 Å². The van der Waals surface area contributed by atoms with Gasteiger partial charge in [0.15, 0.2) is 0 Å². The Bertz CT molecular complexity index is 300. The summed E-state index contributed by atoms with van der Waals surface area (Å²) in [6.45, 7) is 10.7. The first-order chi connectivity index (χ1) is 9.45. The monoisotopic (exact) mass is 280 g/mol. The van der Waals surface area contributed by atoms with Crippen LogP contribution in [0.4, 0.5) is 0 Å². The molecule has 4 atom stereocenters. The fourth-order valence-electron chi connectivity index (χ4n) is 4.72. The molecule has 118 valence electrons. The minimum Gasteiger partial charge on any atom is -0.312 e. The number of nitrogens with zero attached hydrogens (tertiary/aromatic N) is 1. The van der Waals surface area contributed by atoms with Crippen molar-refractivity contribution in [1.82, 2.24) is 10.2 Å². The molecule has 2 saturated carbocycles. The second kappa shape index (κ2) is 6.79. The molecule has 2 rings (SSSR count). The molecule has 0 aromatic rings.